The maximum Gasteiger partial charge on any atom is 0.337 e. The van der Waals surface area contributed by atoms with E-state index in [4.69, 9.17) is 0 Å². The molecule has 9 nitrogen and oxygen atoms in total. The lowest BCUT2D eigenvalue weighted by molar-refractivity contribution is 0.0697. The lowest BCUT2D eigenvalue weighted by Gasteiger charge is -2.20. The first-order valence-electron chi connectivity index (χ1n) is 15.9. The van der Waals surface area contributed by atoms with Crippen LogP contribution in [0.1, 0.15) is 84.8 Å². The first-order chi connectivity index (χ1) is 23.3. The van der Waals surface area contributed by atoms with Crippen LogP contribution in [0.15, 0.2) is 96.0 Å². The first-order valence-corrected chi connectivity index (χ1v) is 17.3. The zero-order valence-corrected chi connectivity index (χ0v) is 30.2. The van der Waals surface area contributed by atoms with E-state index in [1.165, 1.54) is 6.07 Å². The zero-order valence-electron chi connectivity index (χ0n) is 29.4. The van der Waals surface area contributed by atoms with E-state index in [0.717, 1.165) is 40.2 Å². The molecular formula is C39H41FN4O5S. The van der Waals surface area contributed by atoms with Crippen LogP contribution in [-0.4, -0.2) is 40.4 Å². The van der Waals surface area contributed by atoms with Crippen LogP contribution in [0, 0.1) is 19.8 Å². The highest BCUT2D eigenvalue weighted by Gasteiger charge is 2.26. The van der Waals surface area contributed by atoms with Gasteiger partial charge in [0, 0.05) is 33.3 Å². The molecule has 50 heavy (non-hydrogen) atoms. The summed E-state index contributed by atoms with van der Waals surface area (Å²) in [6.07, 6.45) is 0. The highest BCUT2D eigenvalue weighted by molar-refractivity contribution is 7.90. The van der Waals surface area contributed by atoms with Crippen LogP contribution in [-0.2, 0) is 20.9 Å². The summed E-state index contributed by atoms with van der Waals surface area (Å²) >= 11 is 0. The Hall–Kier alpha value is -5.29. The van der Waals surface area contributed by atoms with Gasteiger partial charge in [0.05, 0.1) is 22.5 Å². The second kappa shape index (κ2) is 14.7. The third-order valence-corrected chi connectivity index (χ3v) is 8.88. The first kappa shape index (κ1) is 37.5. The molecule has 3 aromatic heterocycles. The number of aromatic carboxylic acids is 1. The molecule has 11 heteroatoms. The summed E-state index contributed by atoms with van der Waals surface area (Å²) in [5, 5.41) is 8.76. The number of nitrogens with one attached hydrogen (secondary N) is 1. The normalized spacial score (nSPS) is 11.7. The lowest BCUT2D eigenvalue weighted by atomic mass is 9.90. The monoisotopic (exact) mass is 696 g/mol. The molecule has 1 amide bonds. The molecule has 0 fully saturated rings. The number of aromatic nitrogens is 3. The maximum absolute atomic E-state index is 13.3. The Bertz CT molecular complexity index is 2140. The molecule has 2 N–H and O–H groups in total. The molecule has 0 aliphatic heterocycles. The molecule has 260 valence electrons. The van der Waals surface area contributed by atoms with Crippen molar-refractivity contribution in [3.8, 4) is 22.5 Å². The summed E-state index contributed by atoms with van der Waals surface area (Å²) in [6, 6.07) is 25.2. The van der Waals surface area contributed by atoms with Gasteiger partial charge in [-0.3, -0.25) is 14.8 Å². The van der Waals surface area contributed by atoms with Crippen LogP contribution < -0.4 is 4.72 Å². The van der Waals surface area contributed by atoms with Gasteiger partial charge < -0.3 is 5.11 Å². The number of rotatable bonds is 6. The summed E-state index contributed by atoms with van der Waals surface area (Å²) in [5.41, 5.74) is 6.16. The Labute approximate surface area is 292 Å². The Kier molecular flexibility index (Phi) is 11.0. The Balaban J connectivity index is 0.000000244. The van der Waals surface area contributed by atoms with Gasteiger partial charge in [-0.15, -0.1) is 0 Å². The van der Waals surface area contributed by atoms with Crippen LogP contribution in [0.4, 0.5) is 4.39 Å². The highest BCUT2D eigenvalue weighted by Crippen LogP contribution is 2.29. The molecular weight excluding hydrogens is 656 g/mol. The molecule has 0 radical (unpaired) electrons. The van der Waals surface area contributed by atoms with E-state index < -0.39 is 32.9 Å². The molecule has 0 atom stereocenters. The van der Waals surface area contributed by atoms with Gasteiger partial charge in [0.2, 0.25) is 5.95 Å². The van der Waals surface area contributed by atoms with Crippen LogP contribution in [0.25, 0.3) is 22.5 Å². The Morgan fingerprint density at radius 2 is 1.08 bits per heavy atom. The SMILES string of the molecule is Cc1ccc(-c2nc(C(C)(C)C)ccc2C(=O)NS(=O)(=O)c2cccc(F)n2)cc1.Cc1ccc(-c2nc(C(C)(C)C)ccc2C(=O)O)cc1. The number of carbonyl (C=O) groups excluding carboxylic acids is 1. The number of hydrogen-bond donors (Lipinski definition) is 2. The van der Waals surface area contributed by atoms with Crippen molar-refractivity contribution >= 4 is 21.9 Å². The number of amides is 1. The smallest absolute Gasteiger partial charge is 0.337 e. The van der Waals surface area contributed by atoms with Crippen molar-refractivity contribution in [1.29, 1.82) is 0 Å². The molecule has 0 aliphatic rings. The van der Waals surface area contributed by atoms with Gasteiger partial charge in [-0.25, -0.2) is 14.5 Å². The van der Waals surface area contributed by atoms with Crippen molar-refractivity contribution < 1.29 is 27.5 Å². The number of aryl methyl sites for hydroxylation is 2. The number of sulfonamides is 1. The number of halogens is 1. The Morgan fingerprint density at radius 1 is 0.640 bits per heavy atom. The molecule has 0 bridgehead atoms. The zero-order chi connectivity index (χ0) is 37.0. The van der Waals surface area contributed by atoms with E-state index >= 15 is 0 Å². The van der Waals surface area contributed by atoms with Crippen molar-refractivity contribution in [3.05, 3.63) is 131 Å². The fourth-order valence-corrected chi connectivity index (χ4v) is 5.66. The van der Waals surface area contributed by atoms with Crippen LogP contribution in [0.2, 0.25) is 0 Å². The summed E-state index contributed by atoms with van der Waals surface area (Å²) in [4.78, 5) is 36.8. The highest BCUT2D eigenvalue weighted by atomic mass is 32.2. The minimum absolute atomic E-state index is 0.0897. The molecule has 0 saturated carbocycles. The maximum atomic E-state index is 13.3. The number of carboxylic acid groups (broad SMARTS) is 1. The van der Waals surface area contributed by atoms with Crippen molar-refractivity contribution in [2.45, 2.75) is 71.2 Å². The number of pyridine rings is 3. The quantitative estimate of drug-likeness (QED) is 0.170. The second-order valence-electron chi connectivity index (χ2n) is 14.0. The molecule has 2 aromatic carbocycles. The molecule has 0 spiro atoms. The molecule has 0 unspecified atom stereocenters. The minimum atomic E-state index is -4.35. The van der Waals surface area contributed by atoms with Crippen LogP contribution in [0.5, 0.6) is 0 Å². The third kappa shape index (κ3) is 9.23. The number of carboxylic acids is 1. The van der Waals surface area contributed by atoms with Gasteiger partial charge in [0.1, 0.15) is 0 Å². The van der Waals surface area contributed by atoms with Crippen molar-refractivity contribution in [2.75, 3.05) is 0 Å². The van der Waals surface area contributed by atoms with E-state index in [1.54, 1.807) is 24.3 Å². The fourth-order valence-electron chi connectivity index (χ4n) is 4.74. The van der Waals surface area contributed by atoms with Gasteiger partial charge >= 0.3 is 5.97 Å². The molecule has 0 aliphatic carbocycles. The van der Waals surface area contributed by atoms with Gasteiger partial charge in [0.15, 0.2) is 5.03 Å². The van der Waals surface area contributed by atoms with Gasteiger partial charge in [-0.05, 0) is 50.2 Å². The predicted octanol–water partition coefficient (Wildman–Crippen LogP) is 8.06. The van der Waals surface area contributed by atoms with E-state index in [-0.39, 0.29) is 22.0 Å². The van der Waals surface area contributed by atoms with Crippen LogP contribution >= 0.6 is 0 Å². The average Bonchev–Trinajstić information content (AvgIpc) is 3.04. The van der Waals surface area contributed by atoms with E-state index in [0.29, 0.717) is 17.0 Å². The molecule has 5 aromatic rings. The molecule has 0 saturated heterocycles. The average molecular weight is 697 g/mol. The van der Waals surface area contributed by atoms with Crippen molar-refractivity contribution in [1.82, 2.24) is 19.7 Å². The molecule has 3 heterocycles. The van der Waals surface area contributed by atoms with E-state index in [1.807, 2.05) is 87.9 Å². The third-order valence-electron chi connectivity index (χ3n) is 7.64. The second-order valence-corrected chi connectivity index (χ2v) is 15.6. The summed E-state index contributed by atoms with van der Waals surface area (Å²) in [5.74, 6) is -2.78. The number of hydrogen-bond acceptors (Lipinski definition) is 7. The summed E-state index contributed by atoms with van der Waals surface area (Å²) in [6.45, 7) is 16.1. The predicted molar refractivity (Wildman–Crippen MR) is 192 cm³/mol. The van der Waals surface area contributed by atoms with Crippen molar-refractivity contribution in [2.24, 2.45) is 0 Å². The van der Waals surface area contributed by atoms with E-state index in [2.05, 4.69) is 35.7 Å². The van der Waals surface area contributed by atoms with Gasteiger partial charge in [-0.1, -0.05) is 107 Å². The number of carbonyl (C=O) groups is 2. The lowest BCUT2D eigenvalue weighted by Crippen LogP contribution is -2.32. The number of benzene rings is 2. The fraction of sp³-hybridized carbons (Fsp3) is 0.256. The minimum Gasteiger partial charge on any atom is -0.478 e. The van der Waals surface area contributed by atoms with Crippen molar-refractivity contribution in [3.63, 3.8) is 0 Å². The van der Waals surface area contributed by atoms with Gasteiger partial charge in [0.25, 0.3) is 15.9 Å². The molecule has 5 rings (SSSR count). The Morgan fingerprint density at radius 3 is 1.50 bits per heavy atom. The standard InChI is InChI=1S/C22H22FN3O3S.C17H19NO2/c1-14-8-10-15(11-9-14)20-16(12-13-17(24-20)22(2,3)4)21(27)26-30(28,29)19-7-5-6-18(23)25-19;1-11-5-7-12(8-6-11)15-13(16(19)20)9-10-14(18-15)17(2,3)4/h5-13H,1-4H3,(H,26,27);5-10H,1-4H3,(H,19,20). The summed E-state index contributed by atoms with van der Waals surface area (Å²) < 4.78 is 40.3. The largest absolute Gasteiger partial charge is 0.478 e. The topological polar surface area (TPSA) is 139 Å². The van der Waals surface area contributed by atoms with Crippen LogP contribution in [0.3, 0.4) is 0 Å². The number of nitrogens with zero attached hydrogens (tertiary/aromatic N) is 3. The van der Waals surface area contributed by atoms with Gasteiger partial charge in [-0.2, -0.15) is 12.8 Å². The summed E-state index contributed by atoms with van der Waals surface area (Å²) in [7, 11) is -4.35. The van der Waals surface area contributed by atoms with E-state index in [9.17, 15) is 27.5 Å².